The third kappa shape index (κ3) is 6.19. The molecule has 2 aromatic rings. The van der Waals surface area contributed by atoms with Crippen LogP contribution in [-0.4, -0.2) is 83.5 Å². The van der Waals surface area contributed by atoms with Gasteiger partial charge >= 0.3 is 6.18 Å². The van der Waals surface area contributed by atoms with E-state index >= 15 is 0 Å². The maximum atomic E-state index is 13.3. The van der Waals surface area contributed by atoms with E-state index < -0.39 is 17.3 Å². The van der Waals surface area contributed by atoms with Gasteiger partial charge in [-0.2, -0.15) is 28.1 Å². The zero-order valence-corrected chi connectivity index (χ0v) is 21.8. The van der Waals surface area contributed by atoms with Gasteiger partial charge in [0.2, 0.25) is 17.8 Å². The van der Waals surface area contributed by atoms with Crippen molar-refractivity contribution in [3.63, 3.8) is 0 Å². The second kappa shape index (κ2) is 10.7. The Labute approximate surface area is 225 Å². The number of rotatable bonds is 4. The SMILES string of the molecule is N[C@@H]1C[C@H](N)CN(c2nc(N3CCC(O)(c4cccc(C(F)(F)F)c4)CC3)nc(N3C[C@H](N)C[C@H](N)C3)n2)C1. The smallest absolute Gasteiger partial charge is 0.385 e. The van der Waals surface area contributed by atoms with Crippen LogP contribution in [0.15, 0.2) is 24.3 Å². The van der Waals surface area contributed by atoms with Gasteiger partial charge in [0.15, 0.2) is 0 Å². The van der Waals surface area contributed by atoms with Crippen molar-refractivity contribution in [3.8, 4) is 0 Å². The van der Waals surface area contributed by atoms with Crippen LogP contribution < -0.4 is 37.6 Å². The van der Waals surface area contributed by atoms with Gasteiger partial charge in [-0.3, -0.25) is 0 Å². The summed E-state index contributed by atoms with van der Waals surface area (Å²) in [6.07, 6.45) is -2.65. The van der Waals surface area contributed by atoms with E-state index in [4.69, 9.17) is 37.9 Å². The molecule has 0 saturated carbocycles. The van der Waals surface area contributed by atoms with Crippen molar-refractivity contribution in [3.05, 3.63) is 35.4 Å². The van der Waals surface area contributed by atoms with E-state index in [1.54, 1.807) is 0 Å². The first-order chi connectivity index (χ1) is 18.4. The fourth-order valence-corrected chi connectivity index (χ4v) is 5.80. The topological polar surface area (TPSA) is 173 Å². The van der Waals surface area contributed by atoms with E-state index in [9.17, 15) is 18.3 Å². The summed E-state index contributed by atoms with van der Waals surface area (Å²) in [5, 5.41) is 11.3. The van der Waals surface area contributed by atoms with Crippen LogP contribution in [0.3, 0.4) is 0 Å². The Balaban J connectivity index is 1.41. The number of aliphatic hydroxyl groups is 1. The fourth-order valence-electron chi connectivity index (χ4n) is 5.80. The Morgan fingerprint density at radius 3 is 1.62 bits per heavy atom. The van der Waals surface area contributed by atoms with Crippen molar-refractivity contribution in [1.82, 2.24) is 15.0 Å². The highest BCUT2D eigenvalue weighted by Crippen LogP contribution is 2.37. The normalized spacial score (nSPS) is 28.1. The summed E-state index contributed by atoms with van der Waals surface area (Å²) in [5.74, 6) is 1.32. The monoisotopic (exact) mass is 550 g/mol. The Kier molecular flexibility index (Phi) is 7.59. The molecule has 0 spiro atoms. The molecule has 9 N–H and O–H groups in total. The molecule has 4 heterocycles. The van der Waals surface area contributed by atoms with Gasteiger partial charge in [0, 0.05) is 63.4 Å². The summed E-state index contributed by atoms with van der Waals surface area (Å²) in [4.78, 5) is 20.1. The molecule has 1 aromatic heterocycles. The Bertz CT molecular complexity index is 1090. The average molecular weight is 551 g/mol. The van der Waals surface area contributed by atoms with Crippen LogP contribution in [0.25, 0.3) is 0 Å². The molecule has 0 unspecified atom stereocenters. The molecule has 3 fully saturated rings. The minimum atomic E-state index is -4.48. The van der Waals surface area contributed by atoms with Crippen LogP contribution >= 0.6 is 0 Å². The first kappa shape index (κ1) is 27.8. The van der Waals surface area contributed by atoms with Crippen LogP contribution in [0.5, 0.6) is 0 Å². The molecule has 5 rings (SSSR count). The van der Waals surface area contributed by atoms with Crippen LogP contribution in [0.2, 0.25) is 0 Å². The van der Waals surface area contributed by atoms with Crippen molar-refractivity contribution in [2.75, 3.05) is 54.0 Å². The van der Waals surface area contributed by atoms with Gasteiger partial charge in [-0.1, -0.05) is 12.1 Å². The molecule has 0 amide bonds. The molecule has 14 heteroatoms. The fraction of sp³-hybridized carbons (Fsp3) is 0.640. The molecule has 3 aliphatic heterocycles. The lowest BCUT2D eigenvalue weighted by Crippen LogP contribution is -2.54. The minimum absolute atomic E-state index is 0.119. The minimum Gasteiger partial charge on any atom is -0.385 e. The summed E-state index contributed by atoms with van der Waals surface area (Å²) in [6.45, 7) is 2.87. The molecule has 3 aliphatic rings. The molecule has 0 aliphatic carbocycles. The highest BCUT2D eigenvalue weighted by molar-refractivity contribution is 5.48. The lowest BCUT2D eigenvalue weighted by molar-refractivity contribution is -0.137. The van der Waals surface area contributed by atoms with Gasteiger partial charge in [0.25, 0.3) is 0 Å². The van der Waals surface area contributed by atoms with E-state index in [-0.39, 0.29) is 42.6 Å². The second-order valence-corrected chi connectivity index (χ2v) is 11.2. The number of alkyl halides is 3. The first-order valence-electron chi connectivity index (χ1n) is 13.3. The number of hydrogen-bond acceptors (Lipinski definition) is 11. The third-order valence-electron chi connectivity index (χ3n) is 7.80. The largest absolute Gasteiger partial charge is 0.416 e. The summed E-state index contributed by atoms with van der Waals surface area (Å²) in [6, 6.07) is 4.43. The van der Waals surface area contributed by atoms with Crippen molar-refractivity contribution in [2.45, 2.75) is 61.6 Å². The first-order valence-corrected chi connectivity index (χ1v) is 13.3. The highest BCUT2D eigenvalue weighted by atomic mass is 19.4. The summed E-state index contributed by atoms with van der Waals surface area (Å²) in [7, 11) is 0. The van der Waals surface area contributed by atoms with Crippen LogP contribution in [0.1, 0.15) is 36.8 Å². The van der Waals surface area contributed by atoms with Gasteiger partial charge in [-0.15, -0.1) is 0 Å². The second-order valence-electron chi connectivity index (χ2n) is 11.2. The van der Waals surface area contributed by atoms with Crippen LogP contribution in [-0.2, 0) is 11.8 Å². The van der Waals surface area contributed by atoms with Crippen molar-refractivity contribution < 1.29 is 18.3 Å². The lowest BCUT2D eigenvalue weighted by Gasteiger charge is -2.40. The standard InChI is InChI=1S/C25H37F3N10O/c26-25(27,28)16-3-1-2-15(8-16)24(39)4-6-36(7-5-24)21-33-22(37-11-17(29)9-18(30)12-37)35-23(34-21)38-13-19(31)10-20(32)14-38/h1-3,8,17-20,39H,4-7,9-14,29-32H2/t17-,18+,19-,20+. The molecule has 0 radical (unpaired) electrons. The molecule has 0 bridgehead atoms. The summed E-state index contributed by atoms with van der Waals surface area (Å²) in [5.41, 5.74) is 23.0. The van der Waals surface area contributed by atoms with E-state index in [2.05, 4.69) is 0 Å². The molecule has 3 saturated heterocycles. The van der Waals surface area contributed by atoms with Crippen molar-refractivity contribution >= 4 is 17.8 Å². The zero-order chi connectivity index (χ0) is 27.9. The van der Waals surface area contributed by atoms with Crippen LogP contribution in [0.4, 0.5) is 31.0 Å². The van der Waals surface area contributed by atoms with Gasteiger partial charge in [0.1, 0.15) is 0 Å². The van der Waals surface area contributed by atoms with Crippen LogP contribution in [0, 0.1) is 0 Å². The average Bonchev–Trinajstić information content (AvgIpc) is 2.87. The maximum absolute atomic E-state index is 13.3. The lowest BCUT2D eigenvalue weighted by atomic mass is 9.84. The number of nitrogens with zero attached hydrogens (tertiary/aromatic N) is 6. The number of anilines is 3. The Hall–Kier alpha value is -2.78. The third-order valence-corrected chi connectivity index (χ3v) is 7.80. The number of hydrogen-bond donors (Lipinski definition) is 5. The van der Waals surface area contributed by atoms with Gasteiger partial charge in [0.05, 0.1) is 11.2 Å². The number of nitrogens with two attached hydrogens (primary N) is 4. The van der Waals surface area contributed by atoms with Gasteiger partial charge < -0.3 is 42.7 Å². The van der Waals surface area contributed by atoms with E-state index in [0.717, 1.165) is 12.1 Å². The molecule has 39 heavy (non-hydrogen) atoms. The van der Waals surface area contributed by atoms with E-state index in [1.807, 2.05) is 14.7 Å². The predicted molar refractivity (Wildman–Crippen MR) is 142 cm³/mol. The summed E-state index contributed by atoms with van der Waals surface area (Å²) >= 11 is 0. The molecule has 1 aromatic carbocycles. The van der Waals surface area contributed by atoms with Gasteiger partial charge in [-0.05, 0) is 43.4 Å². The molecule has 214 valence electrons. The van der Waals surface area contributed by atoms with Crippen molar-refractivity contribution in [1.29, 1.82) is 0 Å². The molecular formula is C25H37F3N10O. The zero-order valence-electron chi connectivity index (χ0n) is 21.8. The highest BCUT2D eigenvalue weighted by Gasteiger charge is 2.38. The molecular weight excluding hydrogens is 513 g/mol. The number of benzene rings is 1. The van der Waals surface area contributed by atoms with E-state index in [0.29, 0.717) is 70.0 Å². The Morgan fingerprint density at radius 1 is 0.744 bits per heavy atom. The molecule has 11 nitrogen and oxygen atoms in total. The predicted octanol–water partition coefficient (Wildman–Crippen LogP) is 0.108. The van der Waals surface area contributed by atoms with Gasteiger partial charge in [-0.25, -0.2) is 0 Å². The van der Waals surface area contributed by atoms with Crippen molar-refractivity contribution in [2.24, 2.45) is 22.9 Å². The quantitative estimate of drug-likeness (QED) is 0.350. The molecule has 4 atom stereocenters. The number of piperidine rings is 3. The number of halogens is 3. The number of aromatic nitrogens is 3. The maximum Gasteiger partial charge on any atom is 0.416 e. The Morgan fingerprint density at radius 2 is 1.18 bits per heavy atom. The summed E-state index contributed by atoms with van der Waals surface area (Å²) < 4.78 is 39.8. The van der Waals surface area contributed by atoms with E-state index in [1.165, 1.54) is 12.1 Å².